The number of nitrogens with zero attached hydrogens (tertiary/aromatic N) is 2. The van der Waals surface area contributed by atoms with Crippen LogP contribution in [0.25, 0.3) is 11.0 Å². The molecule has 2 aromatic heterocycles. The molecule has 136 valence electrons. The number of fused-ring (bicyclic) bond motifs is 1. The summed E-state index contributed by atoms with van der Waals surface area (Å²) in [5.41, 5.74) is -1.74. The topological polar surface area (TPSA) is 77.0 Å². The molecule has 1 fully saturated rings. The van der Waals surface area contributed by atoms with Crippen LogP contribution in [-0.2, 0) is 22.2 Å². The maximum Gasteiger partial charge on any atom is 0.434 e. The smallest absolute Gasteiger partial charge is 0.298 e. The van der Waals surface area contributed by atoms with E-state index in [4.69, 9.17) is 0 Å². The number of hydrogen-bond donors (Lipinski definition) is 0. The van der Waals surface area contributed by atoms with Crippen molar-refractivity contribution in [2.75, 3.05) is 0 Å². The Morgan fingerprint density at radius 3 is 2.38 bits per heavy atom. The van der Waals surface area contributed by atoms with Crippen molar-refractivity contribution in [3.05, 3.63) is 35.2 Å². The molecule has 1 aliphatic rings. The predicted molar refractivity (Wildman–Crippen MR) is 85.6 cm³/mol. The van der Waals surface area contributed by atoms with Crippen LogP contribution in [0.15, 0.2) is 18.2 Å². The van der Waals surface area contributed by atoms with Crippen LogP contribution in [0.3, 0.4) is 0 Å². The number of halogens is 3. The largest absolute Gasteiger partial charge is 0.434 e. The summed E-state index contributed by atoms with van der Waals surface area (Å²) in [6.07, 6.45) is -4.07. The molecule has 0 atom stereocenters. The Morgan fingerprint density at radius 2 is 1.81 bits per heavy atom. The third-order valence-corrected chi connectivity index (χ3v) is 4.38. The van der Waals surface area contributed by atoms with Crippen molar-refractivity contribution in [2.45, 2.75) is 38.8 Å². The minimum Gasteiger partial charge on any atom is -0.298 e. The number of pyridine rings is 2. The van der Waals surface area contributed by atoms with Gasteiger partial charge in [-0.15, -0.1) is 0 Å². The van der Waals surface area contributed by atoms with Crippen molar-refractivity contribution in [3.63, 3.8) is 0 Å². The Morgan fingerprint density at radius 1 is 1.15 bits per heavy atom. The number of alkyl halides is 3. The zero-order chi connectivity index (χ0) is 19.1. The molecule has 0 N–H and O–H groups in total. The van der Waals surface area contributed by atoms with Gasteiger partial charge in [0, 0.05) is 23.9 Å². The Balaban J connectivity index is 2.18. The van der Waals surface area contributed by atoms with Gasteiger partial charge in [0.25, 0.3) is 0 Å². The fourth-order valence-corrected chi connectivity index (χ4v) is 3.04. The molecule has 3 rings (SSSR count). The number of rotatable bonds is 3. The summed E-state index contributed by atoms with van der Waals surface area (Å²) in [7, 11) is 0. The van der Waals surface area contributed by atoms with Crippen molar-refractivity contribution in [3.8, 4) is 0 Å². The Kier molecular flexibility index (Phi) is 4.60. The second-order valence-electron chi connectivity index (χ2n) is 6.17. The minimum atomic E-state index is -4.91. The molecule has 0 radical (unpaired) electrons. The van der Waals surface area contributed by atoms with E-state index in [1.54, 1.807) is 13.0 Å². The van der Waals surface area contributed by atoms with Gasteiger partial charge in [-0.2, -0.15) is 13.2 Å². The molecule has 5 nitrogen and oxygen atoms in total. The summed E-state index contributed by atoms with van der Waals surface area (Å²) in [5.74, 6) is -4.09. The number of carbonyl (C=O) groups is 3. The van der Waals surface area contributed by atoms with Crippen LogP contribution in [0.5, 0.6) is 0 Å². The molecule has 0 bridgehead atoms. The standard InChI is InChI=1S/C18H15F3N2O3/c1-2-10-7-6-9-8-11(16(18(19,20)21)23-17(9)22-10)15(26)14-12(24)4-3-5-13(14)25/h6-8,14H,2-5H2,1H3. The molecule has 1 aliphatic carbocycles. The van der Waals surface area contributed by atoms with Crippen molar-refractivity contribution < 1.29 is 27.6 Å². The molecular formula is C18H15F3N2O3. The highest BCUT2D eigenvalue weighted by atomic mass is 19.4. The number of hydrogen-bond acceptors (Lipinski definition) is 5. The summed E-state index contributed by atoms with van der Waals surface area (Å²) in [5, 5.41) is 0.245. The van der Waals surface area contributed by atoms with E-state index in [1.165, 1.54) is 6.07 Å². The molecule has 1 saturated carbocycles. The van der Waals surface area contributed by atoms with E-state index in [0.29, 0.717) is 18.5 Å². The van der Waals surface area contributed by atoms with Crippen LogP contribution < -0.4 is 0 Å². The number of Topliss-reactive ketones (excluding diaryl/α,β-unsaturated/α-hetero) is 3. The minimum absolute atomic E-state index is 0.00588. The number of aryl methyl sites for hydroxylation is 1. The van der Waals surface area contributed by atoms with Crippen LogP contribution >= 0.6 is 0 Å². The van der Waals surface area contributed by atoms with Crippen LogP contribution in [0.2, 0.25) is 0 Å². The highest BCUT2D eigenvalue weighted by molar-refractivity contribution is 6.25. The average molecular weight is 364 g/mol. The molecule has 2 aromatic rings. The summed E-state index contributed by atoms with van der Waals surface area (Å²) in [6, 6.07) is 4.17. The lowest BCUT2D eigenvalue weighted by Crippen LogP contribution is -2.36. The van der Waals surface area contributed by atoms with Crippen molar-refractivity contribution in [1.82, 2.24) is 9.97 Å². The Hall–Kier alpha value is -2.64. The normalized spacial score (nSPS) is 16.3. The van der Waals surface area contributed by atoms with E-state index in [-0.39, 0.29) is 23.9 Å². The van der Waals surface area contributed by atoms with Gasteiger partial charge in [0.1, 0.15) is 5.92 Å². The Bertz CT molecular complexity index is 906. The molecule has 0 aromatic carbocycles. The van der Waals surface area contributed by atoms with Gasteiger partial charge in [0.05, 0.1) is 5.56 Å². The molecule has 0 amide bonds. The average Bonchev–Trinajstić information content (AvgIpc) is 2.59. The van der Waals surface area contributed by atoms with Gasteiger partial charge in [-0.3, -0.25) is 14.4 Å². The third kappa shape index (κ3) is 3.23. The van der Waals surface area contributed by atoms with Crippen LogP contribution in [-0.4, -0.2) is 27.3 Å². The zero-order valence-corrected chi connectivity index (χ0v) is 13.9. The lowest BCUT2D eigenvalue weighted by molar-refractivity contribution is -0.142. The van der Waals surface area contributed by atoms with Crippen LogP contribution in [0.4, 0.5) is 13.2 Å². The monoisotopic (exact) mass is 364 g/mol. The van der Waals surface area contributed by atoms with E-state index in [1.807, 2.05) is 0 Å². The predicted octanol–water partition coefficient (Wildman–Crippen LogP) is 3.33. The third-order valence-electron chi connectivity index (χ3n) is 4.38. The molecule has 0 unspecified atom stereocenters. The molecule has 0 saturated heterocycles. The van der Waals surface area contributed by atoms with Gasteiger partial charge in [0.15, 0.2) is 28.7 Å². The van der Waals surface area contributed by atoms with Crippen LogP contribution in [0.1, 0.15) is 47.9 Å². The van der Waals surface area contributed by atoms with Gasteiger partial charge in [-0.05, 0) is 31.0 Å². The quantitative estimate of drug-likeness (QED) is 0.617. The number of aromatic nitrogens is 2. The van der Waals surface area contributed by atoms with E-state index in [0.717, 1.165) is 6.07 Å². The SMILES string of the molecule is CCc1ccc2cc(C(=O)C3C(=O)CCCC3=O)c(C(F)(F)F)nc2n1. The first kappa shape index (κ1) is 18.2. The maximum absolute atomic E-state index is 13.5. The van der Waals surface area contributed by atoms with Crippen molar-refractivity contribution in [2.24, 2.45) is 5.92 Å². The van der Waals surface area contributed by atoms with Gasteiger partial charge < -0.3 is 0 Å². The number of ketones is 3. The summed E-state index contributed by atoms with van der Waals surface area (Å²) >= 11 is 0. The lowest BCUT2D eigenvalue weighted by atomic mass is 9.81. The highest BCUT2D eigenvalue weighted by Gasteiger charge is 2.43. The first-order chi connectivity index (χ1) is 12.2. The first-order valence-electron chi connectivity index (χ1n) is 8.20. The molecule has 0 spiro atoms. The summed E-state index contributed by atoms with van der Waals surface area (Å²) < 4.78 is 40.4. The lowest BCUT2D eigenvalue weighted by Gasteiger charge is -2.20. The first-order valence-corrected chi connectivity index (χ1v) is 8.20. The summed E-state index contributed by atoms with van der Waals surface area (Å²) in [4.78, 5) is 44.2. The summed E-state index contributed by atoms with van der Waals surface area (Å²) in [6.45, 7) is 1.80. The maximum atomic E-state index is 13.5. The van der Waals surface area contributed by atoms with Crippen LogP contribution in [0, 0.1) is 5.92 Å². The fourth-order valence-electron chi connectivity index (χ4n) is 3.04. The second-order valence-corrected chi connectivity index (χ2v) is 6.17. The Labute approximate surface area is 146 Å². The van der Waals surface area contributed by atoms with Gasteiger partial charge in [-0.1, -0.05) is 6.92 Å². The van der Waals surface area contributed by atoms with Crippen molar-refractivity contribution in [1.29, 1.82) is 0 Å². The van der Waals surface area contributed by atoms with Gasteiger partial charge >= 0.3 is 6.18 Å². The molecular weight excluding hydrogens is 349 g/mol. The van der Waals surface area contributed by atoms with E-state index >= 15 is 0 Å². The second kappa shape index (κ2) is 6.59. The molecule has 2 heterocycles. The molecule has 0 aliphatic heterocycles. The van der Waals surface area contributed by atoms with E-state index < -0.39 is 40.7 Å². The number of carbonyl (C=O) groups excluding carboxylic acids is 3. The zero-order valence-electron chi connectivity index (χ0n) is 13.9. The highest BCUT2D eigenvalue weighted by Crippen LogP contribution is 2.34. The van der Waals surface area contributed by atoms with Gasteiger partial charge in [0.2, 0.25) is 0 Å². The molecule has 26 heavy (non-hydrogen) atoms. The van der Waals surface area contributed by atoms with E-state index in [2.05, 4.69) is 9.97 Å². The fraction of sp³-hybridized carbons (Fsp3) is 0.389. The van der Waals surface area contributed by atoms with Gasteiger partial charge in [-0.25, -0.2) is 9.97 Å². The van der Waals surface area contributed by atoms with E-state index in [9.17, 15) is 27.6 Å². The molecule has 8 heteroatoms. The van der Waals surface area contributed by atoms with Crippen molar-refractivity contribution >= 4 is 28.4 Å².